The quantitative estimate of drug-likeness (QED) is 0.399. The molecule has 1 amide bonds. The number of carbonyl (C=O) groups is 1. The number of amides is 1. The average molecular weight is 450 g/mol. The van der Waals surface area contributed by atoms with E-state index in [1.165, 1.54) is 22.0 Å². The summed E-state index contributed by atoms with van der Waals surface area (Å²) in [4.78, 5) is 19.9. The van der Waals surface area contributed by atoms with Gasteiger partial charge in [0.15, 0.2) is 5.16 Å². The Kier molecular flexibility index (Phi) is 5.74. The van der Waals surface area contributed by atoms with Gasteiger partial charge in [-0.15, -0.1) is 21.5 Å². The molecule has 0 saturated carbocycles. The van der Waals surface area contributed by atoms with Gasteiger partial charge in [-0.25, -0.2) is 4.98 Å². The van der Waals surface area contributed by atoms with Gasteiger partial charge in [0, 0.05) is 6.54 Å². The van der Waals surface area contributed by atoms with E-state index in [0.29, 0.717) is 12.3 Å². The maximum absolute atomic E-state index is 13.1. The zero-order chi connectivity index (χ0) is 21.2. The van der Waals surface area contributed by atoms with E-state index in [1.54, 1.807) is 11.3 Å². The first-order valence-corrected chi connectivity index (χ1v) is 12.2. The highest BCUT2D eigenvalue weighted by molar-refractivity contribution is 7.99. The highest BCUT2D eigenvalue weighted by atomic mass is 32.2. The number of carbonyl (C=O) groups excluding carboxylic acids is 1. The van der Waals surface area contributed by atoms with Gasteiger partial charge in [-0.1, -0.05) is 54.2 Å². The molecule has 2 aromatic heterocycles. The number of aromatic nitrogens is 4. The molecule has 0 N–H and O–H groups in total. The smallest absolute Gasteiger partial charge is 0.233 e. The van der Waals surface area contributed by atoms with Gasteiger partial charge in [0.05, 0.1) is 28.6 Å². The van der Waals surface area contributed by atoms with E-state index in [4.69, 9.17) is 4.98 Å². The van der Waals surface area contributed by atoms with Crippen LogP contribution in [0.5, 0.6) is 0 Å². The predicted molar refractivity (Wildman–Crippen MR) is 124 cm³/mol. The zero-order valence-electron chi connectivity index (χ0n) is 17.3. The minimum absolute atomic E-state index is 0.0782. The van der Waals surface area contributed by atoms with Gasteiger partial charge >= 0.3 is 0 Å². The lowest BCUT2D eigenvalue weighted by Crippen LogP contribution is -2.32. The molecule has 1 unspecified atom stereocenters. The van der Waals surface area contributed by atoms with Gasteiger partial charge in [0.2, 0.25) is 5.91 Å². The molecule has 8 heteroatoms. The Morgan fingerprint density at radius 1 is 1.13 bits per heavy atom. The number of benzene rings is 2. The molecule has 0 spiro atoms. The van der Waals surface area contributed by atoms with Crippen molar-refractivity contribution in [3.8, 4) is 0 Å². The first-order chi connectivity index (χ1) is 15.2. The van der Waals surface area contributed by atoms with Gasteiger partial charge in [-0.05, 0) is 37.5 Å². The summed E-state index contributed by atoms with van der Waals surface area (Å²) in [6.45, 7) is 3.44. The number of fused-ring (bicyclic) bond motifs is 1. The van der Waals surface area contributed by atoms with Crippen LogP contribution in [0.15, 0.2) is 59.8 Å². The van der Waals surface area contributed by atoms with E-state index in [2.05, 4.69) is 33.0 Å². The molecule has 1 atom stereocenters. The molecule has 3 heterocycles. The van der Waals surface area contributed by atoms with Crippen LogP contribution in [0, 0.1) is 6.92 Å². The van der Waals surface area contributed by atoms with E-state index in [-0.39, 0.29) is 11.9 Å². The second kappa shape index (κ2) is 8.80. The number of thiazole rings is 1. The molecule has 0 bridgehead atoms. The highest BCUT2D eigenvalue weighted by Gasteiger charge is 2.32. The summed E-state index contributed by atoms with van der Waals surface area (Å²) in [5.74, 6) is 1.35. The van der Waals surface area contributed by atoms with E-state index in [1.807, 2.05) is 48.2 Å². The Balaban J connectivity index is 1.28. The normalized spacial score (nSPS) is 16.3. The van der Waals surface area contributed by atoms with Crippen molar-refractivity contribution < 1.29 is 4.79 Å². The van der Waals surface area contributed by atoms with Crippen LogP contribution in [0.25, 0.3) is 10.2 Å². The largest absolute Gasteiger partial charge is 0.332 e. The van der Waals surface area contributed by atoms with E-state index >= 15 is 0 Å². The Morgan fingerprint density at radius 3 is 2.77 bits per heavy atom. The number of likely N-dealkylation sites (tertiary alicyclic amines) is 1. The molecule has 1 fully saturated rings. The van der Waals surface area contributed by atoms with Crippen LogP contribution in [0.1, 0.15) is 35.3 Å². The van der Waals surface area contributed by atoms with Crippen molar-refractivity contribution in [3.63, 3.8) is 0 Å². The fourth-order valence-electron chi connectivity index (χ4n) is 3.98. The van der Waals surface area contributed by atoms with Crippen molar-refractivity contribution in [3.05, 3.63) is 71.0 Å². The van der Waals surface area contributed by atoms with Gasteiger partial charge in [0.25, 0.3) is 0 Å². The molecule has 4 aromatic rings. The van der Waals surface area contributed by atoms with Crippen molar-refractivity contribution in [1.29, 1.82) is 0 Å². The molecule has 0 aliphatic carbocycles. The monoisotopic (exact) mass is 449 g/mol. The molecule has 1 aliphatic heterocycles. The third kappa shape index (κ3) is 4.22. The molecular formula is C23H23N5OS2. The number of para-hydroxylation sites is 1. The number of thioether (sulfide) groups is 1. The molecule has 2 aromatic carbocycles. The fourth-order valence-corrected chi connectivity index (χ4v) is 5.96. The molecule has 31 heavy (non-hydrogen) atoms. The van der Waals surface area contributed by atoms with Gasteiger partial charge < -0.3 is 9.47 Å². The van der Waals surface area contributed by atoms with Crippen LogP contribution in [-0.2, 0) is 11.3 Å². The number of aryl methyl sites for hydroxylation is 1. The topological polar surface area (TPSA) is 63.9 Å². The summed E-state index contributed by atoms with van der Waals surface area (Å²) in [6, 6.07) is 18.5. The summed E-state index contributed by atoms with van der Waals surface area (Å²) < 4.78 is 3.25. The third-order valence-electron chi connectivity index (χ3n) is 5.58. The lowest BCUT2D eigenvalue weighted by atomic mass is 10.2. The molecule has 1 aliphatic rings. The van der Waals surface area contributed by atoms with Gasteiger partial charge in [-0.2, -0.15) is 0 Å². The first kappa shape index (κ1) is 20.2. The second-order valence-electron chi connectivity index (χ2n) is 7.66. The van der Waals surface area contributed by atoms with Crippen molar-refractivity contribution in [2.75, 3.05) is 12.3 Å². The van der Waals surface area contributed by atoms with Gasteiger partial charge in [0.1, 0.15) is 10.8 Å². The van der Waals surface area contributed by atoms with E-state index < -0.39 is 0 Å². The number of hydrogen-bond acceptors (Lipinski definition) is 6. The van der Waals surface area contributed by atoms with E-state index in [0.717, 1.165) is 40.9 Å². The summed E-state index contributed by atoms with van der Waals surface area (Å²) in [6.07, 6.45) is 1.99. The standard InChI is InChI=1S/C23H23N5OS2/c1-16-25-26-23(28(16)14-17-8-3-2-4-9-17)30-15-21(29)27-13-7-11-19(27)22-24-18-10-5-6-12-20(18)31-22/h2-6,8-10,12,19H,7,11,13-15H2,1H3. The lowest BCUT2D eigenvalue weighted by Gasteiger charge is -2.23. The molecule has 6 nitrogen and oxygen atoms in total. The fraction of sp³-hybridized carbons (Fsp3) is 0.304. The minimum atomic E-state index is 0.0782. The van der Waals surface area contributed by atoms with Crippen molar-refractivity contribution in [2.24, 2.45) is 0 Å². The molecule has 5 rings (SSSR count). The Bertz CT molecular complexity index is 1170. The highest BCUT2D eigenvalue weighted by Crippen LogP contribution is 2.37. The number of nitrogens with zero attached hydrogens (tertiary/aromatic N) is 5. The van der Waals surface area contributed by atoms with Gasteiger partial charge in [-0.3, -0.25) is 4.79 Å². The van der Waals surface area contributed by atoms with Crippen molar-refractivity contribution in [2.45, 2.75) is 37.5 Å². The Morgan fingerprint density at radius 2 is 1.94 bits per heavy atom. The van der Waals surface area contributed by atoms with E-state index in [9.17, 15) is 4.79 Å². The Labute approximate surface area is 189 Å². The summed E-state index contributed by atoms with van der Waals surface area (Å²) in [5.41, 5.74) is 2.20. The summed E-state index contributed by atoms with van der Waals surface area (Å²) in [5, 5.41) is 10.4. The summed E-state index contributed by atoms with van der Waals surface area (Å²) in [7, 11) is 0. The molecular weight excluding hydrogens is 426 g/mol. The van der Waals surface area contributed by atoms with Crippen LogP contribution in [-0.4, -0.2) is 42.9 Å². The maximum Gasteiger partial charge on any atom is 0.233 e. The first-order valence-electron chi connectivity index (χ1n) is 10.4. The maximum atomic E-state index is 13.1. The minimum Gasteiger partial charge on any atom is -0.332 e. The summed E-state index contributed by atoms with van der Waals surface area (Å²) >= 11 is 3.16. The van der Waals surface area contributed by atoms with Crippen LogP contribution in [0.2, 0.25) is 0 Å². The lowest BCUT2D eigenvalue weighted by molar-refractivity contribution is -0.129. The van der Waals surface area contributed by atoms with Crippen molar-refractivity contribution >= 4 is 39.2 Å². The van der Waals surface area contributed by atoms with Crippen LogP contribution >= 0.6 is 23.1 Å². The van der Waals surface area contributed by atoms with Crippen LogP contribution in [0.3, 0.4) is 0 Å². The molecule has 1 saturated heterocycles. The second-order valence-corrected chi connectivity index (χ2v) is 9.66. The van der Waals surface area contributed by atoms with Crippen molar-refractivity contribution in [1.82, 2.24) is 24.6 Å². The predicted octanol–water partition coefficient (Wildman–Crippen LogP) is 4.70. The Hall–Kier alpha value is -2.71. The third-order valence-corrected chi connectivity index (χ3v) is 7.67. The SMILES string of the molecule is Cc1nnc(SCC(=O)N2CCCC2c2nc3ccccc3s2)n1Cc1ccccc1. The molecule has 158 valence electrons. The number of hydrogen-bond donors (Lipinski definition) is 0. The van der Waals surface area contributed by atoms with Crippen LogP contribution < -0.4 is 0 Å². The molecule has 0 radical (unpaired) electrons. The number of rotatable bonds is 6. The van der Waals surface area contributed by atoms with Crippen LogP contribution in [0.4, 0.5) is 0 Å². The average Bonchev–Trinajstić information content (AvgIpc) is 3.52. The zero-order valence-corrected chi connectivity index (χ0v) is 18.9.